The number of hydrogen-bond donors (Lipinski definition) is 2. The highest BCUT2D eigenvalue weighted by Crippen LogP contribution is 2.11. The number of nitrogens with one attached hydrogen (secondary N) is 2. The first-order valence-corrected chi connectivity index (χ1v) is 8.33. The maximum atomic E-state index is 3.24. The Kier molecular flexibility index (Phi) is 2.58. The van der Waals surface area contributed by atoms with E-state index in [1.165, 1.54) is 28.9 Å². The zero-order chi connectivity index (χ0) is 12.7. The molecule has 0 unspecified atom stereocenters. The molecule has 2 aromatic carbocycles. The van der Waals surface area contributed by atoms with Crippen LogP contribution >= 0.6 is 0 Å². The Morgan fingerprint density at radius 2 is 1.16 bits per heavy atom. The molecule has 0 radical (unpaired) electrons. The fraction of sp³-hybridized carbons (Fsp3) is 0. The number of aromatic nitrogens is 2. The molecule has 0 atom stereocenters. The Balaban J connectivity index is 1.72. The van der Waals surface area contributed by atoms with E-state index in [4.69, 9.17) is 0 Å². The number of benzene rings is 2. The van der Waals surface area contributed by atoms with Crippen molar-refractivity contribution in [1.29, 1.82) is 0 Å². The minimum absolute atomic E-state index is 0.110. The third-order valence-electron chi connectivity index (χ3n) is 3.25. The molecular weight excluding hydrogens is 347 g/mol. The van der Waals surface area contributed by atoms with Gasteiger partial charge in [-0.1, -0.05) is 0 Å². The smallest absolute Gasteiger partial charge is 0.357 e. The van der Waals surface area contributed by atoms with Crippen LogP contribution in [0.15, 0.2) is 60.9 Å². The molecule has 2 N–H and O–H groups in total. The van der Waals surface area contributed by atoms with Crippen molar-refractivity contribution < 1.29 is 21.2 Å². The van der Waals surface area contributed by atoms with Gasteiger partial charge in [0.2, 0.25) is 0 Å². The Bertz CT molecular complexity index is 785. The van der Waals surface area contributed by atoms with Crippen molar-refractivity contribution in [2.24, 2.45) is 0 Å². The van der Waals surface area contributed by atoms with Crippen LogP contribution in [0, 0.1) is 7.14 Å². The second-order valence-electron chi connectivity index (χ2n) is 4.51. The fourth-order valence-corrected chi connectivity index (χ4v) is 4.71. The van der Waals surface area contributed by atoms with Crippen molar-refractivity contribution in [2.45, 2.75) is 0 Å². The Morgan fingerprint density at radius 3 is 1.68 bits per heavy atom. The van der Waals surface area contributed by atoms with Crippen molar-refractivity contribution in [1.82, 2.24) is 9.97 Å². The molecule has 0 saturated carbocycles. The van der Waals surface area contributed by atoms with Gasteiger partial charge in [0, 0.05) is 46.3 Å². The molecule has 0 aliphatic carbocycles. The van der Waals surface area contributed by atoms with Crippen molar-refractivity contribution in [3.63, 3.8) is 0 Å². The molecule has 0 spiro atoms. The van der Waals surface area contributed by atoms with Crippen LogP contribution in [-0.4, -0.2) is 9.97 Å². The summed E-state index contributed by atoms with van der Waals surface area (Å²) in [7, 11) is 0. The first kappa shape index (κ1) is 11.1. The maximum absolute atomic E-state index is 3.24. The first-order valence-electron chi connectivity index (χ1n) is 6.18. The minimum Gasteiger partial charge on any atom is -0.361 e. The molecular formula is C16H12IN2+. The zero-order valence-corrected chi connectivity index (χ0v) is 12.3. The summed E-state index contributed by atoms with van der Waals surface area (Å²) in [6.45, 7) is 0. The van der Waals surface area contributed by atoms with Crippen molar-refractivity contribution in [3.05, 3.63) is 68.1 Å². The minimum atomic E-state index is -0.110. The van der Waals surface area contributed by atoms with Crippen LogP contribution in [0.2, 0.25) is 0 Å². The van der Waals surface area contributed by atoms with E-state index in [0.29, 0.717) is 0 Å². The van der Waals surface area contributed by atoms with E-state index in [0.717, 1.165) is 0 Å². The summed E-state index contributed by atoms with van der Waals surface area (Å²) in [5.74, 6) is 0. The van der Waals surface area contributed by atoms with Gasteiger partial charge in [0.25, 0.3) is 0 Å². The standard InChI is InChI=1S/C16H12IN2/c1-3-15-11(5-7-18-15)9-13(1)17-14-2-4-16-12(10-14)6-8-19-16/h1-10,18-19H/q+1. The second-order valence-corrected chi connectivity index (χ2v) is 7.54. The molecule has 0 aliphatic rings. The number of H-pyrrole nitrogens is 2. The number of rotatable bonds is 2. The molecule has 3 heteroatoms. The van der Waals surface area contributed by atoms with E-state index in [1.807, 2.05) is 12.4 Å². The predicted octanol–water partition coefficient (Wildman–Crippen LogP) is 0.778. The average Bonchev–Trinajstić information content (AvgIpc) is 3.05. The van der Waals surface area contributed by atoms with E-state index in [-0.39, 0.29) is 21.2 Å². The van der Waals surface area contributed by atoms with Gasteiger partial charge in [0.15, 0.2) is 7.14 Å². The van der Waals surface area contributed by atoms with E-state index < -0.39 is 0 Å². The quantitative estimate of drug-likeness (QED) is 0.496. The Morgan fingerprint density at radius 1 is 0.632 bits per heavy atom. The topological polar surface area (TPSA) is 31.6 Å². The molecule has 4 rings (SSSR count). The second kappa shape index (κ2) is 4.42. The van der Waals surface area contributed by atoms with Crippen LogP contribution in [0.5, 0.6) is 0 Å². The molecule has 2 aromatic heterocycles. The Hall–Kier alpha value is -1.75. The van der Waals surface area contributed by atoms with Gasteiger partial charge in [0.05, 0.1) is 0 Å². The first-order chi connectivity index (χ1) is 9.38. The predicted molar refractivity (Wildman–Crippen MR) is 74.0 cm³/mol. The largest absolute Gasteiger partial charge is 0.361 e. The molecule has 0 fully saturated rings. The van der Waals surface area contributed by atoms with E-state index in [1.54, 1.807) is 0 Å². The lowest BCUT2D eigenvalue weighted by molar-refractivity contribution is -0.597. The SMILES string of the molecule is c1cc2cc([I+]c3ccc4[nH]ccc4c3)ccc2[nH]1. The summed E-state index contributed by atoms with van der Waals surface area (Å²) < 4.78 is 2.92. The van der Waals surface area contributed by atoms with E-state index in [9.17, 15) is 0 Å². The normalized spacial score (nSPS) is 11.4. The molecule has 19 heavy (non-hydrogen) atoms. The molecule has 4 aromatic rings. The van der Waals surface area contributed by atoms with Gasteiger partial charge in [-0.25, -0.2) is 0 Å². The van der Waals surface area contributed by atoms with Gasteiger partial charge in [0.1, 0.15) is 0 Å². The Labute approximate surface area is 121 Å². The maximum Gasteiger partial charge on any atom is 0.357 e. The highest BCUT2D eigenvalue weighted by Gasteiger charge is 2.16. The van der Waals surface area contributed by atoms with E-state index >= 15 is 0 Å². The van der Waals surface area contributed by atoms with E-state index in [2.05, 4.69) is 58.5 Å². The third-order valence-corrected chi connectivity index (χ3v) is 5.84. The average molecular weight is 359 g/mol. The lowest BCUT2D eigenvalue weighted by Gasteiger charge is -1.91. The summed E-state index contributed by atoms with van der Waals surface area (Å²) in [6.07, 6.45) is 4.00. The fourth-order valence-electron chi connectivity index (χ4n) is 2.29. The molecule has 0 bridgehead atoms. The van der Waals surface area contributed by atoms with Gasteiger partial charge in [-0.05, 0) is 36.4 Å². The van der Waals surface area contributed by atoms with Gasteiger partial charge in [-0.15, -0.1) is 0 Å². The van der Waals surface area contributed by atoms with Crippen LogP contribution in [0.1, 0.15) is 0 Å². The van der Waals surface area contributed by atoms with Crippen molar-refractivity contribution in [3.8, 4) is 0 Å². The van der Waals surface area contributed by atoms with Crippen LogP contribution < -0.4 is 21.2 Å². The van der Waals surface area contributed by atoms with Crippen molar-refractivity contribution >= 4 is 21.8 Å². The lowest BCUT2D eigenvalue weighted by atomic mass is 10.3. The highest BCUT2D eigenvalue weighted by atomic mass is 127. The van der Waals surface area contributed by atoms with Gasteiger partial charge < -0.3 is 9.97 Å². The van der Waals surface area contributed by atoms with Crippen molar-refractivity contribution in [2.75, 3.05) is 0 Å². The summed E-state index contributed by atoms with van der Waals surface area (Å²) in [5.41, 5.74) is 2.43. The highest BCUT2D eigenvalue weighted by molar-refractivity contribution is 5.79. The lowest BCUT2D eigenvalue weighted by Crippen LogP contribution is -3.61. The van der Waals surface area contributed by atoms with Crippen LogP contribution in [0.25, 0.3) is 21.8 Å². The summed E-state index contributed by atoms with van der Waals surface area (Å²) >= 11 is -0.110. The van der Waals surface area contributed by atoms with Crippen LogP contribution in [0.4, 0.5) is 0 Å². The molecule has 0 saturated heterocycles. The van der Waals surface area contributed by atoms with Gasteiger partial charge in [-0.2, -0.15) is 0 Å². The third kappa shape index (κ3) is 2.04. The van der Waals surface area contributed by atoms with Crippen LogP contribution in [0.3, 0.4) is 0 Å². The number of aromatic amines is 2. The number of hydrogen-bond acceptors (Lipinski definition) is 0. The summed E-state index contributed by atoms with van der Waals surface area (Å²) in [6, 6.07) is 17.7. The number of halogens is 1. The molecule has 92 valence electrons. The molecule has 2 nitrogen and oxygen atoms in total. The monoisotopic (exact) mass is 359 g/mol. The number of fused-ring (bicyclic) bond motifs is 2. The molecule has 0 aliphatic heterocycles. The summed E-state index contributed by atoms with van der Waals surface area (Å²) in [4.78, 5) is 6.48. The molecule has 2 heterocycles. The van der Waals surface area contributed by atoms with Gasteiger partial charge >= 0.3 is 21.2 Å². The zero-order valence-electron chi connectivity index (χ0n) is 10.2. The summed E-state index contributed by atoms with van der Waals surface area (Å²) in [5, 5.41) is 2.61. The van der Waals surface area contributed by atoms with Crippen LogP contribution in [-0.2, 0) is 0 Å². The molecule has 0 amide bonds. The van der Waals surface area contributed by atoms with Gasteiger partial charge in [-0.3, -0.25) is 0 Å².